The summed E-state index contributed by atoms with van der Waals surface area (Å²) < 4.78 is 47.7. The van der Waals surface area contributed by atoms with Crippen molar-refractivity contribution in [1.29, 1.82) is 0 Å². The average Bonchev–Trinajstić information content (AvgIpc) is 3.52. The largest absolute Gasteiger partial charge is 0.437 e. The number of hydrogen-bond acceptors (Lipinski definition) is 7. The van der Waals surface area contributed by atoms with Gasteiger partial charge >= 0.3 is 6.18 Å². The van der Waals surface area contributed by atoms with Gasteiger partial charge < -0.3 is 10.1 Å². The van der Waals surface area contributed by atoms with Crippen molar-refractivity contribution in [2.24, 2.45) is 5.92 Å². The molecule has 5 rings (SSSR count). The third kappa shape index (κ3) is 6.84. The van der Waals surface area contributed by atoms with Gasteiger partial charge in [0.25, 0.3) is 0 Å². The number of anilines is 1. The summed E-state index contributed by atoms with van der Waals surface area (Å²) >= 11 is 1.31. The van der Waals surface area contributed by atoms with Crippen LogP contribution in [0, 0.1) is 17.8 Å². The van der Waals surface area contributed by atoms with Crippen molar-refractivity contribution in [1.82, 2.24) is 19.9 Å². The fourth-order valence-corrected chi connectivity index (χ4v) is 5.68. The number of hydrogen-bond donors (Lipinski definition) is 1. The highest BCUT2D eigenvalue weighted by Crippen LogP contribution is 2.36. The minimum absolute atomic E-state index is 0.00919. The molecule has 3 heterocycles. The van der Waals surface area contributed by atoms with E-state index in [1.807, 2.05) is 6.07 Å². The Labute approximate surface area is 239 Å². The Hall–Kier alpha value is -4.01. The predicted octanol–water partition coefficient (Wildman–Crippen LogP) is 6.99. The van der Waals surface area contributed by atoms with Gasteiger partial charge in [-0.05, 0) is 49.6 Å². The highest BCUT2D eigenvalue weighted by atomic mass is 32.1. The molecule has 1 aliphatic heterocycles. The fraction of sp³-hybridized carbons (Fsp3) is 0.333. The van der Waals surface area contributed by atoms with Gasteiger partial charge in [0.05, 0.1) is 22.0 Å². The average molecular weight is 580 g/mol. The molecule has 0 spiro atoms. The summed E-state index contributed by atoms with van der Waals surface area (Å²) in [5.74, 6) is 7.11. The molecule has 1 saturated heterocycles. The van der Waals surface area contributed by atoms with Gasteiger partial charge in [0.1, 0.15) is 11.8 Å². The van der Waals surface area contributed by atoms with Crippen LogP contribution >= 0.6 is 11.3 Å². The first-order valence-electron chi connectivity index (χ1n) is 13.2. The Morgan fingerprint density at radius 1 is 1.22 bits per heavy atom. The van der Waals surface area contributed by atoms with Crippen LogP contribution in [0.1, 0.15) is 44.7 Å². The lowest BCUT2D eigenvalue weighted by molar-refractivity contribution is -0.137. The molecule has 1 N–H and O–H groups in total. The molecule has 212 valence electrons. The first-order chi connectivity index (χ1) is 19.6. The number of halogens is 3. The van der Waals surface area contributed by atoms with Crippen LogP contribution in [0.25, 0.3) is 21.5 Å². The van der Waals surface area contributed by atoms with Gasteiger partial charge in [-0.1, -0.05) is 49.2 Å². The van der Waals surface area contributed by atoms with Crippen LogP contribution in [-0.4, -0.2) is 44.9 Å². The molecule has 1 unspecified atom stereocenters. The zero-order chi connectivity index (χ0) is 29.1. The number of para-hydroxylation sites is 1. The van der Waals surface area contributed by atoms with Crippen molar-refractivity contribution < 1.29 is 22.7 Å². The maximum absolute atomic E-state index is 13.6. The Morgan fingerprint density at radius 2 is 2.05 bits per heavy atom. The van der Waals surface area contributed by atoms with Gasteiger partial charge in [0.2, 0.25) is 11.8 Å². The van der Waals surface area contributed by atoms with E-state index in [0.29, 0.717) is 33.6 Å². The molecule has 11 heteroatoms. The van der Waals surface area contributed by atoms with Crippen molar-refractivity contribution in [2.45, 2.75) is 45.8 Å². The molecule has 4 aromatic rings. The van der Waals surface area contributed by atoms with Crippen LogP contribution < -0.4 is 10.1 Å². The summed E-state index contributed by atoms with van der Waals surface area (Å²) in [5, 5.41) is 3.11. The number of fused-ring (bicyclic) bond motifs is 1. The van der Waals surface area contributed by atoms with Gasteiger partial charge in [0, 0.05) is 30.7 Å². The number of aromatic nitrogens is 3. The van der Waals surface area contributed by atoms with Crippen molar-refractivity contribution in [3.05, 3.63) is 59.9 Å². The molecule has 0 saturated carbocycles. The van der Waals surface area contributed by atoms with Crippen molar-refractivity contribution >= 4 is 32.6 Å². The molecule has 1 amide bonds. The number of carbonyl (C=O) groups excluding carboxylic acids is 1. The van der Waals surface area contributed by atoms with Crippen molar-refractivity contribution in [2.75, 3.05) is 18.4 Å². The molecule has 41 heavy (non-hydrogen) atoms. The first kappa shape index (κ1) is 28.5. The second-order valence-electron chi connectivity index (χ2n) is 10.2. The molecule has 1 fully saturated rings. The molecule has 0 radical (unpaired) electrons. The van der Waals surface area contributed by atoms with Gasteiger partial charge in [-0.25, -0.2) is 15.0 Å². The van der Waals surface area contributed by atoms with E-state index in [1.165, 1.54) is 30.7 Å². The minimum Gasteiger partial charge on any atom is -0.437 e. The number of carbonyl (C=O) groups is 1. The smallest absolute Gasteiger partial charge is 0.416 e. The summed E-state index contributed by atoms with van der Waals surface area (Å²) in [6, 6.07) is 10.4. The summed E-state index contributed by atoms with van der Waals surface area (Å²) in [4.78, 5) is 26.7. The number of ether oxygens (including phenoxy) is 1. The van der Waals surface area contributed by atoms with Crippen LogP contribution in [-0.2, 0) is 11.0 Å². The first-order valence-corrected chi connectivity index (χ1v) is 14.0. The van der Waals surface area contributed by atoms with E-state index in [2.05, 4.69) is 50.9 Å². The van der Waals surface area contributed by atoms with E-state index in [9.17, 15) is 18.0 Å². The predicted molar refractivity (Wildman–Crippen MR) is 153 cm³/mol. The van der Waals surface area contributed by atoms with Crippen molar-refractivity contribution in [3.63, 3.8) is 0 Å². The number of thiazole rings is 1. The van der Waals surface area contributed by atoms with E-state index in [0.717, 1.165) is 42.8 Å². The molecule has 7 nitrogen and oxygen atoms in total. The molecule has 1 atom stereocenters. The van der Waals surface area contributed by atoms with Crippen LogP contribution in [0.15, 0.2) is 48.8 Å². The number of amides is 1. The minimum atomic E-state index is -4.51. The number of nitrogens with zero attached hydrogens (tertiary/aromatic N) is 4. The maximum atomic E-state index is 13.6. The van der Waals surface area contributed by atoms with Crippen LogP contribution in [0.2, 0.25) is 0 Å². The van der Waals surface area contributed by atoms with Crippen LogP contribution in [0.5, 0.6) is 11.6 Å². The number of rotatable bonds is 6. The highest BCUT2D eigenvalue weighted by molar-refractivity contribution is 7.22. The lowest BCUT2D eigenvalue weighted by atomic mass is 10.0. The van der Waals surface area contributed by atoms with Crippen LogP contribution in [0.3, 0.4) is 0 Å². The number of benzene rings is 2. The van der Waals surface area contributed by atoms with E-state index in [4.69, 9.17) is 4.74 Å². The van der Waals surface area contributed by atoms with E-state index in [-0.39, 0.29) is 23.4 Å². The third-order valence-corrected chi connectivity index (χ3v) is 7.42. The molecular formula is C30H28F3N5O2S. The zero-order valence-electron chi connectivity index (χ0n) is 22.7. The lowest BCUT2D eigenvalue weighted by Crippen LogP contribution is -2.31. The van der Waals surface area contributed by atoms with E-state index >= 15 is 0 Å². The second-order valence-corrected chi connectivity index (χ2v) is 11.3. The van der Waals surface area contributed by atoms with Crippen molar-refractivity contribution in [3.8, 4) is 34.7 Å². The topological polar surface area (TPSA) is 80.2 Å². The monoisotopic (exact) mass is 579 g/mol. The lowest BCUT2D eigenvalue weighted by Gasteiger charge is -2.22. The number of likely N-dealkylation sites (tertiary alicyclic amines) is 1. The third-order valence-electron chi connectivity index (χ3n) is 6.48. The second kappa shape index (κ2) is 11.8. The normalized spacial score (nSPS) is 15.6. The van der Waals surface area contributed by atoms with Gasteiger partial charge in [0.15, 0.2) is 10.9 Å². The Morgan fingerprint density at radius 3 is 2.80 bits per heavy atom. The van der Waals surface area contributed by atoms with Gasteiger partial charge in [-0.15, -0.1) is 0 Å². The van der Waals surface area contributed by atoms with E-state index in [1.54, 1.807) is 18.2 Å². The Bertz CT molecular complexity index is 1640. The zero-order valence-corrected chi connectivity index (χ0v) is 23.6. The van der Waals surface area contributed by atoms with Crippen LogP contribution in [0.4, 0.5) is 18.3 Å². The maximum Gasteiger partial charge on any atom is 0.416 e. The van der Waals surface area contributed by atoms with E-state index < -0.39 is 11.7 Å². The quantitative estimate of drug-likeness (QED) is 0.248. The molecule has 0 aliphatic carbocycles. The number of alkyl halides is 3. The standard InChI is InChI=1S/C30H28F3N5O2S/c1-18(2)16-38-13-5-6-22(38)11-9-20-14-21(30(31,32)33)10-12-23(20)24-15-27(35-17-34-24)40-25-7-4-8-26-28(25)37-29(41-26)36-19(3)39/h4,7-8,10,12,14-15,17-18,22H,5-6,13,16H2,1-3H3,(H,36,37,39). The molecule has 2 aromatic carbocycles. The summed E-state index contributed by atoms with van der Waals surface area (Å²) in [5.41, 5.74) is 0.841. The molecule has 1 aliphatic rings. The van der Waals surface area contributed by atoms with Gasteiger partial charge in [-0.3, -0.25) is 9.69 Å². The van der Waals surface area contributed by atoms with Gasteiger partial charge in [-0.2, -0.15) is 13.2 Å². The molecule has 0 bridgehead atoms. The Balaban J connectivity index is 1.49. The SMILES string of the molecule is CC(=O)Nc1nc2c(Oc3cc(-c4ccc(C(F)(F)F)cc4C#CC4CCCN4CC(C)C)ncn3)cccc2s1. The Kier molecular flexibility index (Phi) is 8.24. The number of nitrogens with one attached hydrogen (secondary N) is 1. The highest BCUT2D eigenvalue weighted by Gasteiger charge is 2.31. The molecule has 2 aromatic heterocycles. The molecular weight excluding hydrogens is 551 g/mol. The summed E-state index contributed by atoms with van der Waals surface area (Å²) in [6.07, 6.45) is -1.32. The fourth-order valence-electron chi connectivity index (χ4n) is 4.75. The summed E-state index contributed by atoms with van der Waals surface area (Å²) in [6.45, 7) is 7.50. The summed E-state index contributed by atoms with van der Waals surface area (Å²) in [7, 11) is 0.